The van der Waals surface area contributed by atoms with Gasteiger partial charge in [-0.05, 0) is 13.5 Å². The fourth-order valence-electron chi connectivity index (χ4n) is 0.343. The summed E-state index contributed by atoms with van der Waals surface area (Å²) >= 11 is 5.81. The van der Waals surface area contributed by atoms with E-state index < -0.39 is 7.14 Å². The lowest BCUT2D eigenvalue weighted by molar-refractivity contribution is 0.352. The topological polar surface area (TPSA) is 9.23 Å². The van der Waals surface area contributed by atoms with Gasteiger partial charge in [0.2, 0.25) is 0 Å². The Morgan fingerprint density at radius 3 is 2.29 bits per heavy atom. The van der Waals surface area contributed by atoms with Gasteiger partial charge in [-0.25, -0.2) is 0 Å². The van der Waals surface area contributed by atoms with Crippen molar-refractivity contribution in [1.82, 2.24) is 0 Å². The minimum Gasteiger partial charge on any atom is -0.407 e. The van der Waals surface area contributed by atoms with E-state index in [0.29, 0.717) is 0 Å². The van der Waals surface area contributed by atoms with E-state index in [2.05, 4.69) is 0 Å². The second-order valence-electron chi connectivity index (χ2n) is 1.80. The summed E-state index contributed by atoms with van der Waals surface area (Å²) in [5, 5.41) is 0. The van der Waals surface area contributed by atoms with Crippen molar-refractivity contribution in [2.75, 3.05) is 6.61 Å². The van der Waals surface area contributed by atoms with Crippen LogP contribution in [0.2, 0.25) is 6.55 Å². The molecule has 0 amide bonds. The van der Waals surface area contributed by atoms with E-state index in [9.17, 15) is 0 Å². The van der Waals surface area contributed by atoms with E-state index in [1.54, 1.807) is 0 Å². The molecule has 0 heterocycles. The van der Waals surface area contributed by atoms with Crippen molar-refractivity contribution in [1.29, 1.82) is 0 Å². The average molecular weight is 155 g/mol. The van der Waals surface area contributed by atoms with Crippen molar-refractivity contribution in [2.24, 2.45) is 0 Å². The maximum absolute atomic E-state index is 5.81. The van der Waals surface area contributed by atoms with Crippen molar-refractivity contribution in [3.63, 3.8) is 0 Å². The van der Waals surface area contributed by atoms with Crippen LogP contribution in [0, 0.1) is 0 Å². The Labute approximate surface area is 53.1 Å². The maximum atomic E-state index is 5.81. The summed E-state index contributed by atoms with van der Waals surface area (Å²) < 4.78 is 5.20. The molecular weight excluding hydrogens is 144 g/mol. The molecule has 0 saturated carbocycles. The average Bonchev–Trinajstić information content (AvgIpc) is 1.30. The second-order valence-corrected chi connectivity index (χ2v) is 15.2. The van der Waals surface area contributed by atoms with Crippen molar-refractivity contribution < 1.29 is 4.43 Å². The van der Waals surface area contributed by atoms with E-state index in [0.717, 1.165) is 16.4 Å². The zero-order valence-corrected chi connectivity index (χ0v) is 8.75. The van der Waals surface area contributed by atoms with Crippen LogP contribution in [-0.2, 0) is 4.43 Å². The Kier molecular flexibility index (Phi) is 3.14. The molecule has 44 valence electrons. The van der Waals surface area contributed by atoms with Gasteiger partial charge in [0.25, 0.3) is 7.14 Å². The van der Waals surface area contributed by atoms with Crippen LogP contribution in [0.15, 0.2) is 0 Å². The molecule has 0 spiro atoms. The molecule has 0 aromatic heterocycles. The fourth-order valence-corrected chi connectivity index (χ4v) is 2.22. The minimum absolute atomic E-state index is 0.774. The Morgan fingerprint density at radius 2 is 2.29 bits per heavy atom. The van der Waals surface area contributed by atoms with E-state index in [1.165, 1.54) is 0 Å². The van der Waals surface area contributed by atoms with Gasteiger partial charge in [0.05, 0.1) is 0 Å². The molecule has 7 heavy (non-hydrogen) atoms. The van der Waals surface area contributed by atoms with Crippen LogP contribution >= 0.6 is 11.1 Å². The van der Waals surface area contributed by atoms with E-state index in [-0.39, 0.29) is 0 Å². The number of halogens is 1. The fraction of sp³-hybridized carbons (Fsp3) is 1.00. The summed E-state index contributed by atoms with van der Waals surface area (Å²) in [5.74, 6) is 0. The van der Waals surface area contributed by atoms with E-state index in [4.69, 9.17) is 15.5 Å². The van der Waals surface area contributed by atoms with Gasteiger partial charge in [-0.2, -0.15) is 0 Å². The molecular formula is C3H11ClOSi2. The first kappa shape index (κ1) is 7.68. The molecule has 4 heteroatoms. The second kappa shape index (κ2) is 2.86. The first-order valence-corrected chi connectivity index (χ1v) is 9.31. The highest BCUT2D eigenvalue weighted by Crippen LogP contribution is 2.02. The molecule has 0 bridgehead atoms. The summed E-state index contributed by atoms with van der Waals surface area (Å²) in [5.41, 5.74) is 0. The van der Waals surface area contributed by atoms with Gasteiger partial charge >= 0.3 is 0 Å². The van der Waals surface area contributed by atoms with Gasteiger partial charge in [0, 0.05) is 16.4 Å². The van der Waals surface area contributed by atoms with Gasteiger partial charge < -0.3 is 4.43 Å². The van der Waals surface area contributed by atoms with Gasteiger partial charge in [-0.1, -0.05) is 0 Å². The largest absolute Gasteiger partial charge is 0.407 e. The molecule has 0 aliphatic rings. The molecule has 0 fully saturated rings. The first-order chi connectivity index (χ1) is 3.06. The highest BCUT2D eigenvalue weighted by Gasteiger charge is 2.15. The summed E-state index contributed by atoms with van der Waals surface area (Å²) in [6.07, 6.45) is 0. The molecule has 1 atom stereocenters. The zero-order valence-electron chi connectivity index (χ0n) is 4.99. The molecule has 1 unspecified atom stereocenters. The quantitative estimate of drug-likeness (QED) is 0.408. The Morgan fingerprint density at radius 1 is 1.86 bits per heavy atom. The lowest BCUT2D eigenvalue weighted by Crippen LogP contribution is -2.27. The van der Waals surface area contributed by atoms with Crippen LogP contribution in [0.4, 0.5) is 0 Å². The monoisotopic (exact) mass is 154 g/mol. The van der Waals surface area contributed by atoms with Crippen molar-refractivity contribution >= 4 is 28.0 Å². The minimum atomic E-state index is -1.55. The van der Waals surface area contributed by atoms with E-state index in [1.807, 2.05) is 13.5 Å². The maximum Gasteiger partial charge on any atom is 0.258 e. The number of hydrogen-bond acceptors (Lipinski definition) is 1. The molecule has 1 nitrogen and oxygen atoms in total. The molecule has 0 aromatic rings. The van der Waals surface area contributed by atoms with Crippen LogP contribution < -0.4 is 0 Å². The smallest absolute Gasteiger partial charge is 0.258 e. The van der Waals surface area contributed by atoms with Crippen molar-refractivity contribution in [2.45, 2.75) is 13.5 Å². The van der Waals surface area contributed by atoms with Crippen molar-refractivity contribution in [3.8, 4) is 0 Å². The zero-order chi connectivity index (χ0) is 5.91. The van der Waals surface area contributed by atoms with Gasteiger partial charge in [0.1, 0.15) is 0 Å². The van der Waals surface area contributed by atoms with Gasteiger partial charge in [-0.15, -0.1) is 11.1 Å². The highest BCUT2D eigenvalue weighted by atomic mass is 35.6. The Hall–Kier alpha value is 0.684. The summed E-state index contributed by atoms with van der Waals surface area (Å²) in [6, 6.07) is 0. The third kappa shape index (κ3) is 6.68. The van der Waals surface area contributed by atoms with Crippen molar-refractivity contribution in [3.05, 3.63) is 0 Å². The normalized spacial score (nSPS) is 19.3. The first-order valence-electron chi connectivity index (χ1n) is 2.39. The van der Waals surface area contributed by atoms with Crippen LogP contribution in [0.1, 0.15) is 6.92 Å². The third-order valence-corrected chi connectivity index (χ3v) is 2.66. The molecule has 0 aromatic carbocycles. The summed E-state index contributed by atoms with van der Waals surface area (Å²) in [6.45, 7) is 4.77. The molecule has 0 rings (SSSR count). The van der Waals surface area contributed by atoms with E-state index >= 15 is 0 Å². The number of hydrogen-bond donors (Lipinski definition) is 0. The Balaban J connectivity index is 3.15. The van der Waals surface area contributed by atoms with Crippen LogP contribution in [0.5, 0.6) is 0 Å². The lowest BCUT2D eigenvalue weighted by atomic mass is 10.9. The molecule has 0 radical (unpaired) electrons. The molecule has 0 aliphatic carbocycles. The van der Waals surface area contributed by atoms with Crippen LogP contribution in [0.25, 0.3) is 0 Å². The Bertz CT molecular complexity index is 51.4. The third-order valence-electron chi connectivity index (χ3n) is 0.488. The van der Waals surface area contributed by atoms with Crippen LogP contribution in [0.3, 0.4) is 0 Å². The number of rotatable bonds is 2. The predicted molar refractivity (Wildman–Crippen MR) is 39.0 cm³/mol. The summed E-state index contributed by atoms with van der Waals surface area (Å²) in [4.78, 5) is 0. The lowest BCUT2D eigenvalue weighted by Gasteiger charge is -2.11. The predicted octanol–water partition coefficient (Wildman–Crippen LogP) is 0.196. The molecule has 0 aliphatic heterocycles. The van der Waals surface area contributed by atoms with Crippen LogP contribution in [-0.4, -0.2) is 23.5 Å². The standard InChI is InChI=1S/C3H11ClOSi2/c1-3-5-7(2,4)6/h3H2,1-2,6H3. The summed E-state index contributed by atoms with van der Waals surface area (Å²) in [7, 11) is -0.526. The molecule has 0 saturated heterocycles. The van der Waals surface area contributed by atoms with Gasteiger partial charge in [-0.3, -0.25) is 0 Å². The molecule has 0 N–H and O–H groups in total. The SMILES string of the molecule is CCO[Si](C)([SiH3])Cl. The highest BCUT2D eigenvalue weighted by molar-refractivity contribution is 7.39. The van der Waals surface area contributed by atoms with Gasteiger partial charge in [0.15, 0.2) is 0 Å².